The van der Waals surface area contributed by atoms with Crippen LogP contribution in [0.1, 0.15) is 5.56 Å². The molecule has 1 aliphatic heterocycles. The van der Waals surface area contributed by atoms with Gasteiger partial charge in [-0.15, -0.1) is 0 Å². The molecule has 0 aromatic heterocycles. The Balaban J connectivity index is 1.77. The second-order valence-corrected chi connectivity index (χ2v) is 4.07. The van der Waals surface area contributed by atoms with E-state index in [0.29, 0.717) is 13.2 Å². The molecular formula is C13H17NO3. The highest BCUT2D eigenvalue weighted by Crippen LogP contribution is 2.12. The molecule has 0 fully saturated rings. The zero-order valence-electron chi connectivity index (χ0n) is 9.53. The third kappa shape index (κ3) is 3.30. The van der Waals surface area contributed by atoms with Crippen molar-refractivity contribution in [2.45, 2.75) is 24.9 Å². The zero-order valence-corrected chi connectivity index (χ0v) is 9.53. The molecule has 3 atom stereocenters. The molecule has 0 amide bonds. The molecule has 92 valence electrons. The Bertz CT molecular complexity index is 366. The van der Waals surface area contributed by atoms with Crippen LogP contribution in [-0.2, 0) is 16.1 Å². The normalized spacial score (nSPS) is 27.8. The maximum absolute atomic E-state index is 9.75. The van der Waals surface area contributed by atoms with Gasteiger partial charge in [0.2, 0.25) is 0 Å². The van der Waals surface area contributed by atoms with Gasteiger partial charge in [0.25, 0.3) is 0 Å². The predicted molar refractivity (Wildman–Crippen MR) is 64.1 cm³/mol. The Hall–Kier alpha value is -1.36. The Labute approximate surface area is 101 Å². The molecule has 3 N–H and O–H groups in total. The van der Waals surface area contributed by atoms with Gasteiger partial charge in [-0.3, -0.25) is 0 Å². The van der Waals surface area contributed by atoms with E-state index in [-0.39, 0.29) is 6.04 Å². The first-order valence-corrected chi connectivity index (χ1v) is 5.65. The average Bonchev–Trinajstić information content (AvgIpc) is 2.36. The second-order valence-electron chi connectivity index (χ2n) is 4.07. The highest BCUT2D eigenvalue weighted by atomic mass is 16.5. The summed E-state index contributed by atoms with van der Waals surface area (Å²) >= 11 is 0. The first-order valence-electron chi connectivity index (χ1n) is 5.65. The van der Waals surface area contributed by atoms with Crippen molar-refractivity contribution in [2.24, 2.45) is 5.73 Å². The Morgan fingerprint density at radius 3 is 2.82 bits per heavy atom. The van der Waals surface area contributed by atoms with E-state index in [2.05, 4.69) is 0 Å². The van der Waals surface area contributed by atoms with Crippen molar-refractivity contribution in [2.75, 3.05) is 6.61 Å². The minimum Gasteiger partial charge on any atom is -0.493 e. The first-order chi connectivity index (χ1) is 8.27. The van der Waals surface area contributed by atoms with Crippen LogP contribution in [0.25, 0.3) is 0 Å². The molecule has 4 nitrogen and oxygen atoms in total. The molecule has 1 aromatic carbocycles. The smallest absolute Gasteiger partial charge is 0.149 e. The van der Waals surface area contributed by atoms with E-state index in [1.165, 1.54) is 6.26 Å². The van der Waals surface area contributed by atoms with Gasteiger partial charge in [-0.2, -0.15) is 0 Å². The van der Waals surface area contributed by atoms with Crippen molar-refractivity contribution in [3.63, 3.8) is 0 Å². The SMILES string of the molecule is NC1C=COC(COCc2ccccc2)C1O. The molecular weight excluding hydrogens is 218 g/mol. The predicted octanol–water partition coefficient (Wildman–Crippen LogP) is 0.804. The third-order valence-corrected chi connectivity index (χ3v) is 2.72. The van der Waals surface area contributed by atoms with E-state index in [0.717, 1.165) is 5.56 Å². The van der Waals surface area contributed by atoms with Crippen LogP contribution in [0.5, 0.6) is 0 Å². The summed E-state index contributed by atoms with van der Waals surface area (Å²) in [4.78, 5) is 0. The molecule has 0 saturated carbocycles. The molecule has 1 aromatic rings. The minimum atomic E-state index is -0.712. The van der Waals surface area contributed by atoms with Gasteiger partial charge in [0, 0.05) is 0 Å². The van der Waals surface area contributed by atoms with Gasteiger partial charge in [-0.1, -0.05) is 30.3 Å². The molecule has 4 heteroatoms. The topological polar surface area (TPSA) is 64.7 Å². The molecule has 0 spiro atoms. The summed E-state index contributed by atoms with van der Waals surface area (Å²) < 4.78 is 10.8. The molecule has 2 rings (SSSR count). The van der Waals surface area contributed by atoms with Crippen molar-refractivity contribution in [3.8, 4) is 0 Å². The van der Waals surface area contributed by atoms with Gasteiger partial charge in [-0.05, 0) is 11.6 Å². The number of rotatable bonds is 4. The molecule has 0 radical (unpaired) electrons. The highest BCUT2D eigenvalue weighted by Gasteiger charge is 2.27. The molecule has 1 aliphatic rings. The van der Waals surface area contributed by atoms with Crippen LogP contribution in [0, 0.1) is 0 Å². The summed E-state index contributed by atoms with van der Waals surface area (Å²) in [6.07, 6.45) is 2.06. The van der Waals surface area contributed by atoms with Crippen molar-refractivity contribution < 1.29 is 14.6 Å². The van der Waals surface area contributed by atoms with E-state index >= 15 is 0 Å². The van der Waals surface area contributed by atoms with Gasteiger partial charge >= 0.3 is 0 Å². The van der Waals surface area contributed by atoms with Crippen LogP contribution in [-0.4, -0.2) is 30.0 Å². The molecule has 0 bridgehead atoms. The standard InChI is InChI=1S/C13H17NO3/c14-11-6-7-17-12(13(11)15)9-16-8-10-4-2-1-3-5-10/h1-7,11-13,15H,8-9,14H2. The summed E-state index contributed by atoms with van der Waals surface area (Å²) in [6.45, 7) is 0.834. The van der Waals surface area contributed by atoms with E-state index in [4.69, 9.17) is 15.2 Å². The lowest BCUT2D eigenvalue weighted by molar-refractivity contribution is -0.0616. The number of hydrogen-bond donors (Lipinski definition) is 2. The number of nitrogens with two attached hydrogens (primary N) is 1. The fourth-order valence-electron chi connectivity index (χ4n) is 1.68. The number of ether oxygens (including phenoxy) is 2. The maximum Gasteiger partial charge on any atom is 0.149 e. The van der Waals surface area contributed by atoms with Crippen LogP contribution in [0.3, 0.4) is 0 Å². The molecule has 1 heterocycles. The summed E-state index contributed by atoms with van der Waals surface area (Å²) in [6, 6.07) is 9.48. The van der Waals surface area contributed by atoms with Gasteiger partial charge in [0.05, 0.1) is 25.5 Å². The second kappa shape index (κ2) is 5.82. The summed E-state index contributed by atoms with van der Waals surface area (Å²) in [5.41, 5.74) is 6.77. The largest absolute Gasteiger partial charge is 0.493 e. The van der Waals surface area contributed by atoms with Crippen LogP contribution >= 0.6 is 0 Å². The van der Waals surface area contributed by atoms with Crippen molar-refractivity contribution >= 4 is 0 Å². The van der Waals surface area contributed by atoms with E-state index in [1.54, 1.807) is 6.08 Å². The fraction of sp³-hybridized carbons (Fsp3) is 0.385. The molecule has 17 heavy (non-hydrogen) atoms. The lowest BCUT2D eigenvalue weighted by Crippen LogP contribution is -2.46. The third-order valence-electron chi connectivity index (χ3n) is 2.72. The van der Waals surface area contributed by atoms with Crippen LogP contribution in [0.2, 0.25) is 0 Å². The van der Waals surface area contributed by atoms with Crippen LogP contribution < -0.4 is 5.73 Å². The summed E-state index contributed by atoms with van der Waals surface area (Å²) in [7, 11) is 0. The number of aliphatic hydroxyl groups is 1. The number of benzene rings is 1. The van der Waals surface area contributed by atoms with E-state index < -0.39 is 12.2 Å². The lowest BCUT2D eigenvalue weighted by Gasteiger charge is -2.28. The van der Waals surface area contributed by atoms with Crippen molar-refractivity contribution in [1.82, 2.24) is 0 Å². The Kier molecular flexibility index (Phi) is 4.14. The molecule has 0 saturated heterocycles. The fourth-order valence-corrected chi connectivity index (χ4v) is 1.68. The monoisotopic (exact) mass is 235 g/mol. The van der Waals surface area contributed by atoms with E-state index in [9.17, 15) is 5.11 Å². The Morgan fingerprint density at radius 1 is 1.29 bits per heavy atom. The highest BCUT2D eigenvalue weighted by molar-refractivity contribution is 5.13. The number of hydrogen-bond acceptors (Lipinski definition) is 4. The average molecular weight is 235 g/mol. The summed E-state index contributed by atoms with van der Waals surface area (Å²) in [5, 5.41) is 9.75. The zero-order chi connectivity index (χ0) is 12.1. The summed E-state index contributed by atoms with van der Waals surface area (Å²) in [5.74, 6) is 0. The quantitative estimate of drug-likeness (QED) is 0.810. The van der Waals surface area contributed by atoms with Crippen LogP contribution in [0.4, 0.5) is 0 Å². The van der Waals surface area contributed by atoms with Gasteiger partial charge in [0.1, 0.15) is 12.2 Å². The van der Waals surface area contributed by atoms with Gasteiger partial charge in [0.15, 0.2) is 0 Å². The minimum absolute atomic E-state index is 0.327. The van der Waals surface area contributed by atoms with Gasteiger partial charge in [-0.25, -0.2) is 0 Å². The first kappa shape index (κ1) is 12.1. The number of aliphatic hydroxyl groups excluding tert-OH is 1. The van der Waals surface area contributed by atoms with E-state index in [1.807, 2.05) is 30.3 Å². The van der Waals surface area contributed by atoms with Crippen LogP contribution in [0.15, 0.2) is 42.7 Å². The molecule has 0 aliphatic carbocycles. The molecule has 3 unspecified atom stereocenters. The van der Waals surface area contributed by atoms with Gasteiger partial charge < -0.3 is 20.3 Å². The van der Waals surface area contributed by atoms with Crippen molar-refractivity contribution in [3.05, 3.63) is 48.2 Å². The van der Waals surface area contributed by atoms with Crippen molar-refractivity contribution in [1.29, 1.82) is 0 Å². The lowest BCUT2D eigenvalue weighted by atomic mass is 10.1. The Morgan fingerprint density at radius 2 is 2.06 bits per heavy atom. The maximum atomic E-state index is 9.75.